The van der Waals surface area contributed by atoms with Gasteiger partial charge in [-0.3, -0.25) is 19.5 Å². The maximum atomic E-state index is 13.6. The molecule has 3 atom stereocenters. The van der Waals surface area contributed by atoms with E-state index >= 15 is 0 Å². The summed E-state index contributed by atoms with van der Waals surface area (Å²) in [6, 6.07) is 18.3. The van der Waals surface area contributed by atoms with Gasteiger partial charge in [-0.15, -0.1) is 0 Å². The Hall–Kier alpha value is -3.75. The lowest BCUT2D eigenvalue weighted by Crippen LogP contribution is -2.49. The second kappa shape index (κ2) is 12.0. The van der Waals surface area contributed by atoms with E-state index < -0.39 is 0 Å². The third-order valence-corrected chi connectivity index (χ3v) is 6.67. The summed E-state index contributed by atoms with van der Waals surface area (Å²) in [7, 11) is 2.04. The Morgan fingerprint density at radius 2 is 1.89 bits per heavy atom. The van der Waals surface area contributed by atoms with Crippen molar-refractivity contribution in [2.24, 2.45) is 5.92 Å². The molecule has 0 spiro atoms. The SMILES string of the molecule is CC(CO)N1C[C@H](C)[C@H](CN(C)Cc2ccccc2)Oc2c(NC(=O)c3ccncc3)cccc2C1=O. The van der Waals surface area contributed by atoms with Gasteiger partial charge in [0, 0.05) is 43.5 Å². The van der Waals surface area contributed by atoms with Crippen LogP contribution < -0.4 is 10.1 Å². The number of hydrogen-bond donors (Lipinski definition) is 2. The molecular weight excluding hydrogens is 468 g/mol. The zero-order valence-corrected chi connectivity index (χ0v) is 21.5. The molecule has 1 aliphatic rings. The first kappa shape index (κ1) is 26.3. The Balaban J connectivity index is 1.67. The number of aliphatic hydroxyl groups excluding tert-OH is 1. The van der Waals surface area contributed by atoms with Crippen molar-refractivity contribution < 1.29 is 19.4 Å². The Bertz CT molecular complexity index is 1210. The third-order valence-electron chi connectivity index (χ3n) is 6.67. The first-order valence-corrected chi connectivity index (χ1v) is 12.5. The van der Waals surface area contributed by atoms with Crippen LogP contribution in [0.1, 0.15) is 40.1 Å². The van der Waals surface area contributed by atoms with Crippen molar-refractivity contribution in [3.05, 3.63) is 89.7 Å². The minimum absolute atomic E-state index is 0.0340. The van der Waals surface area contributed by atoms with Gasteiger partial charge in [-0.05, 0) is 43.8 Å². The van der Waals surface area contributed by atoms with Crippen molar-refractivity contribution in [1.29, 1.82) is 0 Å². The normalized spacial score (nSPS) is 18.4. The lowest BCUT2D eigenvalue weighted by atomic mass is 9.98. The Morgan fingerprint density at radius 3 is 2.59 bits per heavy atom. The number of benzene rings is 2. The Morgan fingerprint density at radius 1 is 1.16 bits per heavy atom. The standard InChI is InChI=1S/C29H34N4O4/c1-20-16-33(21(2)19-34)29(36)24-10-7-11-25(31-28(35)23-12-14-30-15-13-23)27(24)37-26(20)18-32(3)17-22-8-5-4-6-9-22/h4-15,20-21,26,34H,16-19H2,1-3H3,(H,31,35)/t20-,21?,26-/m0/s1. The molecule has 0 saturated carbocycles. The number of aliphatic hydroxyl groups is 1. The van der Waals surface area contributed by atoms with Crippen LogP contribution in [0.3, 0.4) is 0 Å². The molecule has 3 aromatic rings. The molecule has 2 heterocycles. The molecule has 194 valence electrons. The molecule has 1 unspecified atom stereocenters. The van der Waals surface area contributed by atoms with Crippen molar-refractivity contribution >= 4 is 17.5 Å². The average Bonchev–Trinajstić information content (AvgIpc) is 2.91. The Kier molecular flexibility index (Phi) is 8.53. The van der Waals surface area contributed by atoms with Crippen molar-refractivity contribution in [1.82, 2.24) is 14.8 Å². The highest BCUT2D eigenvalue weighted by molar-refractivity contribution is 6.07. The number of aromatic nitrogens is 1. The summed E-state index contributed by atoms with van der Waals surface area (Å²) in [5, 5.41) is 12.8. The van der Waals surface area contributed by atoms with Crippen LogP contribution in [0.25, 0.3) is 0 Å². The first-order valence-electron chi connectivity index (χ1n) is 12.5. The van der Waals surface area contributed by atoms with Crippen LogP contribution in [0.2, 0.25) is 0 Å². The minimum atomic E-state index is -0.362. The number of nitrogens with one attached hydrogen (secondary N) is 1. The molecule has 0 aliphatic carbocycles. The number of ether oxygens (including phenoxy) is 1. The van der Waals surface area contributed by atoms with Crippen LogP contribution in [-0.2, 0) is 6.54 Å². The number of amides is 2. The number of carbonyl (C=O) groups excluding carboxylic acids is 2. The topological polar surface area (TPSA) is 95.0 Å². The highest BCUT2D eigenvalue weighted by Crippen LogP contribution is 2.35. The van der Waals surface area contributed by atoms with Crippen molar-refractivity contribution in [2.75, 3.05) is 32.1 Å². The number of rotatable bonds is 8. The largest absolute Gasteiger partial charge is 0.486 e. The van der Waals surface area contributed by atoms with E-state index in [1.54, 1.807) is 47.6 Å². The number of anilines is 1. The molecule has 1 aromatic heterocycles. The van der Waals surface area contributed by atoms with Crippen LogP contribution >= 0.6 is 0 Å². The number of fused-ring (bicyclic) bond motifs is 1. The van der Waals surface area contributed by atoms with E-state index in [9.17, 15) is 14.7 Å². The predicted molar refractivity (Wildman–Crippen MR) is 143 cm³/mol. The zero-order valence-electron chi connectivity index (χ0n) is 21.5. The van der Waals surface area contributed by atoms with E-state index in [0.717, 1.165) is 6.54 Å². The second-order valence-corrected chi connectivity index (χ2v) is 9.68. The first-order chi connectivity index (χ1) is 17.9. The fraction of sp³-hybridized carbons (Fsp3) is 0.345. The smallest absolute Gasteiger partial charge is 0.258 e. The van der Waals surface area contributed by atoms with E-state index in [-0.39, 0.29) is 36.5 Å². The zero-order chi connectivity index (χ0) is 26.4. The van der Waals surface area contributed by atoms with E-state index in [4.69, 9.17) is 4.74 Å². The molecule has 0 saturated heterocycles. The van der Waals surface area contributed by atoms with Crippen LogP contribution in [0.15, 0.2) is 73.1 Å². The number of hydrogen-bond acceptors (Lipinski definition) is 6. The molecule has 0 radical (unpaired) electrons. The molecule has 1 aliphatic heterocycles. The molecule has 0 fully saturated rings. The Labute approximate surface area is 217 Å². The summed E-state index contributed by atoms with van der Waals surface area (Å²) in [5.74, 6) is -0.247. The molecule has 2 N–H and O–H groups in total. The molecule has 0 bridgehead atoms. The number of likely N-dealkylation sites (N-methyl/N-ethyl adjacent to an activating group) is 1. The van der Waals surface area contributed by atoms with Gasteiger partial charge in [-0.2, -0.15) is 0 Å². The summed E-state index contributed by atoms with van der Waals surface area (Å²) in [6.45, 7) is 5.53. The van der Waals surface area contributed by atoms with E-state index in [2.05, 4.69) is 34.3 Å². The maximum absolute atomic E-state index is 13.6. The lowest BCUT2D eigenvalue weighted by molar-refractivity contribution is 0.0343. The monoisotopic (exact) mass is 502 g/mol. The fourth-order valence-electron chi connectivity index (χ4n) is 4.52. The van der Waals surface area contributed by atoms with Crippen molar-refractivity contribution in [2.45, 2.75) is 32.5 Å². The molecule has 2 amide bonds. The predicted octanol–water partition coefficient (Wildman–Crippen LogP) is 3.69. The van der Waals surface area contributed by atoms with E-state index in [1.807, 2.05) is 32.2 Å². The fourth-order valence-corrected chi connectivity index (χ4v) is 4.52. The molecule has 4 rings (SSSR count). The summed E-state index contributed by atoms with van der Waals surface area (Å²) in [6.07, 6.45) is 2.84. The van der Waals surface area contributed by atoms with Gasteiger partial charge in [0.2, 0.25) is 0 Å². The van der Waals surface area contributed by atoms with Gasteiger partial charge in [-0.25, -0.2) is 0 Å². The van der Waals surface area contributed by atoms with Crippen LogP contribution in [0.4, 0.5) is 5.69 Å². The summed E-state index contributed by atoms with van der Waals surface area (Å²) in [4.78, 5) is 34.4. The van der Waals surface area contributed by atoms with Crippen LogP contribution in [0.5, 0.6) is 5.75 Å². The number of para-hydroxylation sites is 1. The second-order valence-electron chi connectivity index (χ2n) is 9.68. The van der Waals surface area contributed by atoms with Gasteiger partial charge >= 0.3 is 0 Å². The van der Waals surface area contributed by atoms with Gasteiger partial charge in [0.15, 0.2) is 5.75 Å². The highest BCUT2D eigenvalue weighted by Gasteiger charge is 2.34. The number of pyridine rings is 1. The third kappa shape index (κ3) is 6.34. The average molecular weight is 503 g/mol. The summed E-state index contributed by atoms with van der Waals surface area (Å²) in [5.41, 5.74) is 2.43. The highest BCUT2D eigenvalue weighted by atomic mass is 16.5. The molecule has 37 heavy (non-hydrogen) atoms. The summed E-state index contributed by atoms with van der Waals surface area (Å²) < 4.78 is 6.58. The van der Waals surface area contributed by atoms with Crippen molar-refractivity contribution in [3.8, 4) is 5.75 Å². The van der Waals surface area contributed by atoms with Crippen LogP contribution in [-0.4, -0.2) is 70.6 Å². The molecular formula is C29H34N4O4. The molecule has 8 heteroatoms. The molecule has 2 aromatic carbocycles. The number of carbonyl (C=O) groups is 2. The maximum Gasteiger partial charge on any atom is 0.258 e. The molecule has 8 nitrogen and oxygen atoms in total. The van der Waals surface area contributed by atoms with Crippen LogP contribution in [0, 0.1) is 5.92 Å². The van der Waals surface area contributed by atoms with Gasteiger partial charge in [0.05, 0.1) is 23.9 Å². The summed E-state index contributed by atoms with van der Waals surface area (Å²) >= 11 is 0. The van der Waals surface area contributed by atoms with Gasteiger partial charge in [-0.1, -0.05) is 43.3 Å². The minimum Gasteiger partial charge on any atom is -0.486 e. The number of nitrogens with zero attached hydrogens (tertiary/aromatic N) is 3. The van der Waals surface area contributed by atoms with Gasteiger partial charge in [0.1, 0.15) is 6.10 Å². The quantitative estimate of drug-likeness (QED) is 0.488. The van der Waals surface area contributed by atoms with Gasteiger partial charge < -0.3 is 20.1 Å². The van der Waals surface area contributed by atoms with E-state index in [1.165, 1.54) is 5.56 Å². The van der Waals surface area contributed by atoms with Gasteiger partial charge in [0.25, 0.3) is 11.8 Å². The van der Waals surface area contributed by atoms with E-state index in [0.29, 0.717) is 35.7 Å². The lowest BCUT2D eigenvalue weighted by Gasteiger charge is -2.38. The van der Waals surface area contributed by atoms with Crippen molar-refractivity contribution in [3.63, 3.8) is 0 Å².